The van der Waals surface area contributed by atoms with E-state index in [0.717, 1.165) is 6.08 Å². The van der Waals surface area contributed by atoms with Crippen molar-refractivity contribution in [2.45, 2.75) is 18.0 Å². The normalized spacial score (nSPS) is 12.1. The molecule has 0 N–H and O–H groups in total. The van der Waals surface area contributed by atoms with Crippen molar-refractivity contribution in [1.82, 2.24) is 0 Å². The van der Waals surface area contributed by atoms with Crippen molar-refractivity contribution in [2.24, 2.45) is 0 Å². The number of esters is 1. The van der Waals surface area contributed by atoms with E-state index in [2.05, 4.69) is 11.3 Å². The Balaban J connectivity index is 2.10. The van der Waals surface area contributed by atoms with Gasteiger partial charge >= 0.3 is 12.1 Å². The van der Waals surface area contributed by atoms with Crippen molar-refractivity contribution < 1.29 is 35.5 Å². The smallest absolute Gasteiger partial charge is 0.421 e. The minimum atomic E-state index is -4.63. The van der Waals surface area contributed by atoms with Crippen LogP contribution in [0.2, 0.25) is 0 Å². The molecule has 0 saturated carbocycles. The molecule has 0 saturated heterocycles. The van der Waals surface area contributed by atoms with Crippen LogP contribution < -0.4 is 0 Å². The minimum Gasteiger partial charge on any atom is -0.461 e. The van der Waals surface area contributed by atoms with E-state index in [-0.39, 0.29) is 40.4 Å². The molecule has 0 bridgehead atoms. The second kappa shape index (κ2) is 9.31. The summed E-state index contributed by atoms with van der Waals surface area (Å²) < 4.78 is 72.7. The van der Waals surface area contributed by atoms with Crippen molar-refractivity contribution in [2.75, 3.05) is 23.9 Å². The number of benzene rings is 1. The van der Waals surface area contributed by atoms with Crippen molar-refractivity contribution in [3.63, 3.8) is 0 Å². The highest BCUT2D eigenvalue weighted by molar-refractivity contribution is 8.00. The summed E-state index contributed by atoms with van der Waals surface area (Å²) in [7, 11) is -3.45. The summed E-state index contributed by atoms with van der Waals surface area (Å²) >= 11 is 5.90. The maximum absolute atomic E-state index is 13.2. The summed E-state index contributed by atoms with van der Waals surface area (Å²) in [6.07, 6.45) is -3.69. The highest BCUT2D eigenvalue weighted by atomic mass is 32.2. The Labute approximate surface area is 174 Å². The Kier molecular flexibility index (Phi) is 7.52. The fraction of sp³-hybridized carbons (Fsp3) is 0.333. The summed E-state index contributed by atoms with van der Waals surface area (Å²) in [5.74, 6) is -1.01. The third-order valence-corrected chi connectivity index (χ3v) is 7.04. The van der Waals surface area contributed by atoms with Gasteiger partial charge < -0.3 is 9.15 Å². The number of alkyl halides is 3. The zero-order valence-electron chi connectivity index (χ0n) is 15.2. The van der Waals surface area contributed by atoms with Gasteiger partial charge in [-0.1, -0.05) is 6.58 Å². The maximum atomic E-state index is 13.2. The Hall–Kier alpha value is -1.85. The largest absolute Gasteiger partial charge is 0.461 e. The predicted molar refractivity (Wildman–Crippen MR) is 107 cm³/mol. The minimum absolute atomic E-state index is 0.0390. The Bertz CT molecular complexity index is 1090. The fourth-order valence-corrected chi connectivity index (χ4v) is 5.31. The lowest BCUT2D eigenvalue weighted by molar-refractivity contribution is -0.139. The van der Waals surface area contributed by atoms with Gasteiger partial charge in [-0.25, -0.2) is 13.2 Å². The molecule has 1 heterocycles. The molecule has 0 unspecified atom stereocenters. The van der Waals surface area contributed by atoms with Gasteiger partial charge in [0.15, 0.2) is 9.84 Å². The lowest BCUT2D eigenvalue weighted by Crippen LogP contribution is -2.18. The van der Waals surface area contributed by atoms with Crippen molar-refractivity contribution in [3.8, 4) is 0 Å². The molecule has 0 aliphatic carbocycles. The van der Waals surface area contributed by atoms with Crippen LogP contribution >= 0.6 is 24.0 Å². The molecule has 29 heavy (non-hydrogen) atoms. The van der Waals surface area contributed by atoms with E-state index in [0.29, 0.717) is 4.90 Å². The van der Waals surface area contributed by atoms with Gasteiger partial charge in [-0.15, -0.1) is 11.8 Å². The molecule has 1 aromatic heterocycles. The number of carbonyl (C=O) groups excluding carboxylic acids is 1. The standard InChI is InChI=1S/C18H17F3O5S3/c1-3-15(22)25-6-8-29(23,24)9-7-28-12-4-5-14-13(10-12)11(2)16(17(27)26-14)18(19,20)21/h3-5,10H,1,6-9H2,2H3. The summed E-state index contributed by atoms with van der Waals surface area (Å²) in [6.45, 7) is 4.26. The first kappa shape index (κ1) is 23.4. The lowest BCUT2D eigenvalue weighted by atomic mass is 10.1. The third kappa shape index (κ3) is 6.31. The molecule has 0 amide bonds. The molecular weight excluding hydrogens is 449 g/mol. The Morgan fingerprint density at radius 3 is 2.66 bits per heavy atom. The molecule has 11 heteroatoms. The molecule has 0 spiro atoms. The van der Waals surface area contributed by atoms with Crippen molar-refractivity contribution in [3.05, 3.63) is 46.7 Å². The Morgan fingerprint density at radius 2 is 2.03 bits per heavy atom. The molecule has 0 aliphatic heterocycles. The average Bonchev–Trinajstić information content (AvgIpc) is 2.60. The number of carbonyl (C=O) groups is 1. The van der Waals surface area contributed by atoms with Gasteiger partial charge in [0.25, 0.3) is 0 Å². The van der Waals surface area contributed by atoms with Gasteiger partial charge in [-0.3, -0.25) is 0 Å². The van der Waals surface area contributed by atoms with Crippen LogP contribution in [-0.4, -0.2) is 38.3 Å². The van der Waals surface area contributed by atoms with Crippen LogP contribution in [0, 0.1) is 11.6 Å². The topological polar surface area (TPSA) is 73.6 Å². The number of rotatable bonds is 8. The molecule has 0 radical (unpaired) electrons. The SMILES string of the molecule is C=CC(=O)OCCS(=O)(=O)CCSc1ccc2oc(=S)c(C(F)(F)F)c(C)c2c1. The van der Waals surface area contributed by atoms with E-state index < -0.39 is 32.3 Å². The first-order valence-corrected chi connectivity index (χ1v) is 11.4. The van der Waals surface area contributed by atoms with E-state index in [1.54, 1.807) is 6.07 Å². The number of thioether (sulfide) groups is 1. The third-order valence-electron chi connectivity index (χ3n) is 3.89. The molecule has 2 rings (SSSR count). The maximum Gasteiger partial charge on any atom is 0.421 e. The van der Waals surface area contributed by atoms with Gasteiger partial charge in [0, 0.05) is 22.1 Å². The highest BCUT2D eigenvalue weighted by Crippen LogP contribution is 2.37. The number of ether oxygens (including phenoxy) is 1. The van der Waals surface area contributed by atoms with E-state index in [9.17, 15) is 26.4 Å². The molecular formula is C18H17F3O5S3. The summed E-state index contributed by atoms with van der Waals surface area (Å²) in [5, 5.41) is 0.259. The van der Waals surface area contributed by atoms with E-state index in [1.165, 1.54) is 30.8 Å². The number of aryl methyl sites for hydroxylation is 1. The first-order chi connectivity index (χ1) is 13.4. The highest BCUT2D eigenvalue weighted by Gasteiger charge is 2.36. The van der Waals surface area contributed by atoms with Crippen LogP contribution in [0.15, 0.2) is 40.2 Å². The average molecular weight is 467 g/mol. The van der Waals surface area contributed by atoms with E-state index in [1.807, 2.05) is 0 Å². The van der Waals surface area contributed by atoms with Crippen LogP contribution in [0.5, 0.6) is 0 Å². The molecule has 5 nitrogen and oxygen atoms in total. The second-order valence-corrected chi connectivity index (χ2v) is 9.76. The van der Waals surface area contributed by atoms with Crippen LogP contribution in [0.25, 0.3) is 11.0 Å². The molecule has 0 aliphatic rings. The van der Waals surface area contributed by atoms with Gasteiger partial charge in [0.1, 0.15) is 17.8 Å². The van der Waals surface area contributed by atoms with Crippen LogP contribution in [0.4, 0.5) is 13.2 Å². The number of halogens is 3. The molecule has 2 aromatic rings. The van der Waals surface area contributed by atoms with Crippen LogP contribution in [0.1, 0.15) is 11.1 Å². The number of sulfone groups is 1. The predicted octanol–water partition coefficient (Wildman–Crippen LogP) is 4.73. The van der Waals surface area contributed by atoms with Gasteiger partial charge in [0.05, 0.1) is 11.5 Å². The molecule has 158 valence electrons. The molecule has 0 fully saturated rings. The fourth-order valence-electron chi connectivity index (χ4n) is 2.46. The zero-order chi connectivity index (χ0) is 21.8. The van der Waals surface area contributed by atoms with Crippen molar-refractivity contribution in [1.29, 1.82) is 0 Å². The zero-order valence-corrected chi connectivity index (χ0v) is 17.7. The number of hydrogen-bond acceptors (Lipinski definition) is 7. The summed E-state index contributed by atoms with van der Waals surface area (Å²) in [5.41, 5.74) is -0.803. The first-order valence-electron chi connectivity index (χ1n) is 8.21. The molecule has 0 atom stereocenters. The Morgan fingerprint density at radius 1 is 1.34 bits per heavy atom. The molecule has 1 aromatic carbocycles. The van der Waals surface area contributed by atoms with Crippen LogP contribution in [-0.2, 0) is 25.5 Å². The monoisotopic (exact) mass is 466 g/mol. The van der Waals surface area contributed by atoms with Gasteiger partial charge in [-0.2, -0.15) is 13.2 Å². The summed E-state index contributed by atoms with van der Waals surface area (Å²) in [6, 6.07) is 4.64. The number of hydrogen-bond donors (Lipinski definition) is 0. The number of fused-ring (bicyclic) bond motifs is 1. The van der Waals surface area contributed by atoms with Gasteiger partial charge in [-0.05, 0) is 42.9 Å². The second-order valence-electron chi connectivity index (χ2n) is 5.92. The van der Waals surface area contributed by atoms with E-state index >= 15 is 0 Å². The lowest BCUT2D eigenvalue weighted by Gasteiger charge is -2.12. The van der Waals surface area contributed by atoms with E-state index in [4.69, 9.17) is 16.6 Å². The summed E-state index contributed by atoms with van der Waals surface area (Å²) in [4.78, 5) is 11.5. The van der Waals surface area contributed by atoms with Crippen molar-refractivity contribution >= 4 is 50.8 Å². The quantitative estimate of drug-likeness (QED) is 0.241. The van der Waals surface area contributed by atoms with Gasteiger partial charge in [0.2, 0.25) is 4.71 Å². The van der Waals surface area contributed by atoms with Crippen LogP contribution in [0.3, 0.4) is 0 Å².